The Labute approximate surface area is 162 Å². The summed E-state index contributed by atoms with van der Waals surface area (Å²) >= 11 is 15.7. The number of hydrogen-bond donors (Lipinski definition) is 1. The number of halogens is 3. The number of hydrogen-bond acceptors (Lipinski definition) is 3. The normalized spacial score (nSPS) is 10.9. The Morgan fingerprint density at radius 3 is 2.56 bits per heavy atom. The molecule has 9 heteroatoms. The van der Waals surface area contributed by atoms with E-state index in [9.17, 15) is 4.79 Å². The Balaban J connectivity index is 1.64. The van der Waals surface area contributed by atoms with Crippen LogP contribution in [0.3, 0.4) is 0 Å². The molecule has 6 nitrogen and oxygen atoms in total. The molecule has 0 aliphatic carbocycles. The first kappa shape index (κ1) is 18.0. The number of benzene rings is 1. The van der Waals surface area contributed by atoms with E-state index in [1.165, 1.54) is 0 Å². The lowest BCUT2D eigenvalue weighted by atomic mass is 10.2. The van der Waals surface area contributed by atoms with Crippen LogP contribution in [0.15, 0.2) is 41.1 Å². The quantitative estimate of drug-likeness (QED) is 0.645. The van der Waals surface area contributed by atoms with Gasteiger partial charge in [-0.2, -0.15) is 10.2 Å². The lowest BCUT2D eigenvalue weighted by molar-refractivity contribution is -0.116. The van der Waals surface area contributed by atoms with Crippen LogP contribution < -0.4 is 5.32 Å². The van der Waals surface area contributed by atoms with Crippen LogP contribution in [0.5, 0.6) is 0 Å². The molecule has 0 spiro atoms. The molecule has 0 bridgehead atoms. The average molecular weight is 443 g/mol. The standard InChI is InChI=1S/C16H14BrCl2N5O/c1-10-12(17)8-24(21-10)9-16(25)20-15-5-6-23(22-15)7-11-13(18)3-2-4-14(11)19/h2-6,8H,7,9H2,1H3,(H,20,22,25). The van der Waals surface area contributed by atoms with E-state index in [-0.39, 0.29) is 12.5 Å². The van der Waals surface area contributed by atoms with E-state index in [4.69, 9.17) is 23.2 Å². The molecular formula is C16H14BrCl2N5O. The summed E-state index contributed by atoms with van der Waals surface area (Å²) in [6.07, 6.45) is 3.51. The minimum absolute atomic E-state index is 0.107. The van der Waals surface area contributed by atoms with Crippen molar-refractivity contribution in [1.29, 1.82) is 0 Å². The number of aromatic nitrogens is 4. The second kappa shape index (κ2) is 7.59. The summed E-state index contributed by atoms with van der Waals surface area (Å²) in [4.78, 5) is 12.1. The van der Waals surface area contributed by atoms with Gasteiger partial charge in [-0.1, -0.05) is 29.3 Å². The molecule has 0 radical (unpaired) electrons. The largest absolute Gasteiger partial charge is 0.308 e. The number of carbonyl (C=O) groups excluding carboxylic acids is 1. The van der Waals surface area contributed by atoms with Crippen LogP contribution in [0.4, 0.5) is 5.82 Å². The molecule has 0 saturated heterocycles. The Kier molecular flexibility index (Phi) is 5.46. The maximum absolute atomic E-state index is 12.1. The van der Waals surface area contributed by atoms with Crippen molar-refractivity contribution >= 4 is 50.9 Å². The first-order chi connectivity index (χ1) is 11.9. The third kappa shape index (κ3) is 4.42. The molecule has 0 saturated carbocycles. The number of nitrogens with one attached hydrogen (secondary N) is 1. The molecule has 2 aromatic heterocycles. The number of anilines is 1. The summed E-state index contributed by atoms with van der Waals surface area (Å²) in [5, 5.41) is 12.4. The van der Waals surface area contributed by atoms with Gasteiger partial charge in [-0.3, -0.25) is 14.2 Å². The van der Waals surface area contributed by atoms with E-state index in [1.54, 1.807) is 46.0 Å². The van der Waals surface area contributed by atoms with Gasteiger partial charge in [0.25, 0.3) is 0 Å². The van der Waals surface area contributed by atoms with Crippen molar-refractivity contribution in [3.8, 4) is 0 Å². The zero-order valence-electron chi connectivity index (χ0n) is 13.2. The highest BCUT2D eigenvalue weighted by Gasteiger charge is 2.10. The lowest BCUT2D eigenvalue weighted by Crippen LogP contribution is -2.19. The van der Waals surface area contributed by atoms with E-state index in [0.29, 0.717) is 22.4 Å². The van der Waals surface area contributed by atoms with E-state index >= 15 is 0 Å². The van der Waals surface area contributed by atoms with Gasteiger partial charge in [-0.15, -0.1) is 0 Å². The van der Waals surface area contributed by atoms with Crippen molar-refractivity contribution in [3.63, 3.8) is 0 Å². The second-order valence-corrected chi connectivity index (χ2v) is 7.08. The molecule has 3 aromatic rings. The maximum Gasteiger partial charge on any atom is 0.247 e. The van der Waals surface area contributed by atoms with Crippen LogP contribution >= 0.6 is 39.1 Å². The highest BCUT2D eigenvalue weighted by molar-refractivity contribution is 9.10. The molecule has 0 atom stereocenters. The first-order valence-corrected chi connectivity index (χ1v) is 8.93. The van der Waals surface area contributed by atoms with E-state index in [2.05, 4.69) is 31.4 Å². The summed E-state index contributed by atoms with van der Waals surface area (Å²) in [6, 6.07) is 7.06. The summed E-state index contributed by atoms with van der Waals surface area (Å²) < 4.78 is 4.09. The van der Waals surface area contributed by atoms with Gasteiger partial charge in [0.1, 0.15) is 6.54 Å². The molecule has 25 heavy (non-hydrogen) atoms. The Morgan fingerprint density at radius 2 is 1.92 bits per heavy atom. The predicted octanol–water partition coefficient (Wildman–Crippen LogP) is 4.14. The third-order valence-electron chi connectivity index (χ3n) is 3.48. The molecule has 2 heterocycles. The predicted molar refractivity (Wildman–Crippen MR) is 101 cm³/mol. The summed E-state index contributed by atoms with van der Waals surface area (Å²) in [5.41, 5.74) is 1.61. The number of rotatable bonds is 5. The van der Waals surface area contributed by atoms with Crippen molar-refractivity contribution in [2.45, 2.75) is 20.0 Å². The monoisotopic (exact) mass is 441 g/mol. The van der Waals surface area contributed by atoms with Gasteiger partial charge in [0.15, 0.2) is 5.82 Å². The summed E-state index contributed by atoms with van der Waals surface area (Å²) in [7, 11) is 0. The lowest BCUT2D eigenvalue weighted by Gasteiger charge is -2.07. The zero-order chi connectivity index (χ0) is 18.0. The SMILES string of the molecule is Cc1nn(CC(=O)Nc2ccn(Cc3c(Cl)cccc3Cl)n2)cc1Br. The summed E-state index contributed by atoms with van der Waals surface area (Å²) in [5.74, 6) is 0.243. The van der Waals surface area contributed by atoms with Crippen molar-refractivity contribution in [3.05, 3.63) is 62.4 Å². The van der Waals surface area contributed by atoms with Gasteiger partial charge in [0, 0.05) is 34.1 Å². The molecule has 1 amide bonds. The highest BCUT2D eigenvalue weighted by atomic mass is 79.9. The van der Waals surface area contributed by atoms with E-state index < -0.39 is 0 Å². The molecule has 1 aromatic carbocycles. The average Bonchev–Trinajstić information content (AvgIpc) is 3.10. The topological polar surface area (TPSA) is 64.7 Å². The number of carbonyl (C=O) groups is 1. The Bertz CT molecular complexity index is 881. The smallest absolute Gasteiger partial charge is 0.247 e. The highest BCUT2D eigenvalue weighted by Crippen LogP contribution is 2.25. The first-order valence-electron chi connectivity index (χ1n) is 7.38. The number of nitrogens with zero attached hydrogens (tertiary/aromatic N) is 4. The van der Waals surface area contributed by atoms with Gasteiger partial charge in [0.05, 0.1) is 16.7 Å². The van der Waals surface area contributed by atoms with Gasteiger partial charge < -0.3 is 5.32 Å². The van der Waals surface area contributed by atoms with Crippen LogP contribution in [0.2, 0.25) is 10.0 Å². The fraction of sp³-hybridized carbons (Fsp3) is 0.188. The van der Waals surface area contributed by atoms with Crippen molar-refractivity contribution in [2.75, 3.05) is 5.32 Å². The molecule has 130 valence electrons. The van der Waals surface area contributed by atoms with E-state index in [0.717, 1.165) is 15.7 Å². The zero-order valence-corrected chi connectivity index (χ0v) is 16.3. The maximum atomic E-state index is 12.1. The van der Waals surface area contributed by atoms with Crippen molar-refractivity contribution in [2.24, 2.45) is 0 Å². The fourth-order valence-corrected chi connectivity index (χ4v) is 3.10. The number of aryl methyl sites for hydroxylation is 1. The Hall–Kier alpha value is -1.83. The third-order valence-corrected chi connectivity index (χ3v) is 4.97. The minimum Gasteiger partial charge on any atom is -0.308 e. The second-order valence-electron chi connectivity index (χ2n) is 5.41. The molecule has 0 fully saturated rings. The number of amides is 1. The molecule has 1 N–H and O–H groups in total. The van der Waals surface area contributed by atoms with Crippen molar-refractivity contribution in [1.82, 2.24) is 19.6 Å². The van der Waals surface area contributed by atoms with Crippen LogP contribution in [0.1, 0.15) is 11.3 Å². The van der Waals surface area contributed by atoms with Crippen LogP contribution in [0.25, 0.3) is 0 Å². The molecule has 0 aliphatic heterocycles. The molecule has 3 rings (SSSR count). The van der Waals surface area contributed by atoms with Crippen LogP contribution in [0, 0.1) is 6.92 Å². The van der Waals surface area contributed by atoms with Crippen molar-refractivity contribution < 1.29 is 4.79 Å². The van der Waals surface area contributed by atoms with Gasteiger partial charge in [-0.05, 0) is 35.0 Å². The van der Waals surface area contributed by atoms with Gasteiger partial charge in [0.2, 0.25) is 5.91 Å². The summed E-state index contributed by atoms with van der Waals surface area (Å²) in [6.45, 7) is 2.38. The van der Waals surface area contributed by atoms with Gasteiger partial charge >= 0.3 is 0 Å². The van der Waals surface area contributed by atoms with Gasteiger partial charge in [-0.25, -0.2) is 0 Å². The van der Waals surface area contributed by atoms with E-state index in [1.807, 2.05) is 6.92 Å². The molecule has 0 unspecified atom stereocenters. The minimum atomic E-state index is -0.212. The fourth-order valence-electron chi connectivity index (χ4n) is 2.27. The van der Waals surface area contributed by atoms with Crippen LogP contribution in [-0.2, 0) is 17.9 Å². The molecular weight excluding hydrogens is 429 g/mol. The Morgan fingerprint density at radius 1 is 1.20 bits per heavy atom. The van der Waals surface area contributed by atoms with Crippen LogP contribution in [-0.4, -0.2) is 25.5 Å². The molecule has 0 aliphatic rings.